The van der Waals surface area contributed by atoms with Crippen LogP contribution in [0.4, 0.5) is 0 Å². The summed E-state index contributed by atoms with van der Waals surface area (Å²) in [5.41, 5.74) is 1.35. The smallest absolute Gasteiger partial charge is 0.0406 e. The maximum atomic E-state index is 5.95. The van der Waals surface area contributed by atoms with Crippen LogP contribution >= 0.6 is 24.2 Å². The lowest BCUT2D eigenvalue weighted by atomic mass is 10.1. The average Bonchev–Trinajstić information content (AvgIpc) is 2.64. The summed E-state index contributed by atoms with van der Waals surface area (Å²) in [6.07, 6.45) is 3.64. The summed E-state index contributed by atoms with van der Waals surface area (Å²) in [6, 6.07) is 8.86. The Morgan fingerprint density at radius 2 is 2.11 bits per heavy atom. The Morgan fingerprint density at radius 1 is 1.32 bits per heavy atom. The van der Waals surface area contributed by atoms with Gasteiger partial charge in [-0.2, -0.15) is 12.6 Å². The van der Waals surface area contributed by atoms with Gasteiger partial charge in [-0.05, 0) is 49.3 Å². The molecule has 0 amide bonds. The van der Waals surface area contributed by atoms with Crippen molar-refractivity contribution < 1.29 is 0 Å². The zero-order valence-electron chi connectivity index (χ0n) is 11.3. The van der Waals surface area contributed by atoms with Crippen molar-refractivity contribution in [2.24, 2.45) is 0 Å². The van der Waals surface area contributed by atoms with E-state index in [1.54, 1.807) is 0 Å². The van der Waals surface area contributed by atoms with Crippen LogP contribution in [0.1, 0.15) is 24.8 Å². The molecule has 2 nitrogen and oxygen atoms in total. The number of hydrogen-bond donors (Lipinski definition) is 2. The highest BCUT2D eigenvalue weighted by atomic mass is 35.5. The molecular formula is C15H23ClN2S. The van der Waals surface area contributed by atoms with Gasteiger partial charge in [-0.15, -0.1) is 0 Å². The molecule has 0 saturated carbocycles. The molecule has 2 rings (SSSR count). The number of halogens is 1. The molecule has 0 aliphatic carbocycles. The Bertz CT molecular complexity index is 369. The number of nitrogens with zero attached hydrogens (tertiary/aromatic N) is 1. The molecule has 1 aliphatic rings. The van der Waals surface area contributed by atoms with Gasteiger partial charge in [0.05, 0.1) is 0 Å². The fourth-order valence-corrected chi connectivity index (χ4v) is 2.94. The van der Waals surface area contributed by atoms with Gasteiger partial charge in [0.25, 0.3) is 0 Å². The standard InChI is InChI=1S/C15H23ClN2S/c16-14-6-4-13(5-7-14)12-18-9-2-8-17-11-15(18)3-1-10-19/h4-7,15,17,19H,1-3,8-12H2. The van der Waals surface area contributed by atoms with Gasteiger partial charge in [-0.3, -0.25) is 4.90 Å². The van der Waals surface area contributed by atoms with E-state index in [0.29, 0.717) is 6.04 Å². The monoisotopic (exact) mass is 298 g/mol. The van der Waals surface area contributed by atoms with E-state index in [0.717, 1.165) is 30.4 Å². The van der Waals surface area contributed by atoms with Gasteiger partial charge in [0.1, 0.15) is 0 Å². The van der Waals surface area contributed by atoms with Crippen molar-refractivity contribution in [2.45, 2.75) is 31.8 Å². The molecule has 1 aromatic carbocycles. The molecule has 0 aromatic heterocycles. The van der Waals surface area contributed by atoms with Crippen LogP contribution in [0.25, 0.3) is 0 Å². The van der Waals surface area contributed by atoms with Crippen molar-refractivity contribution in [1.29, 1.82) is 0 Å². The van der Waals surface area contributed by atoms with E-state index in [1.807, 2.05) is 12.1 Å². The Kier molecular flexibility index (Phi) is 6.51. The lowest BCUT2D eigenvalue weighted by Gasteiger charge is -2.29. The van der Waals surface area contributed by atoms with Crippen molar-refractivity contribution in [2.75, 3.05) is 25.4 Å². The van der Waals surface area contributed by atoms with Crippen LogP contribution in [0.3, 0.4) is 0 Å². The van der Waals surface area contributed by atoms with Crippen molar-refractivity contribution in [1.82, 2.24) is 10.2 Å². The summed E-state index contributed by atoms with van der Waals surface area (Å²) in [7, 11) is 0. The highest BCUT2D eigenvalue weighted by Gasteiger charge is 2.20. The maximum absolute atomic E-state index is 5.95. The average molecular weight is 299 g/mol. The first-order valence-corrected chi connectivity index (χ1v) is 8.10. The number of thiol groups is 1. The van der Waals surface area contributed by atoms with E-state index < -0.39 is 0 Å². The lowest BCUT2D eigenvalue weighted by molar-refractivity contribution is 0.190. The van der Waals surface area contributed by atoms with Gasteiger partial charge in [0.15, 0.2) is 0 Å². The zero-order chi connectivity index (χ0) is 13.5. The minimum absolute atomic E-state index is 0.630. The second kappa shape index (κ2) is 8.15. The van der Waals surface area contributed by atoms with E-state index in [9.17, 15) is 0 Å². The number of hydrogen-bond acceptors (Lipinski definition) is 3. The predicted octanol–water partition coefficient (Wildman–Crippen LogP) is 3.21. The van der Waals surface area contributed by atoms with Gasteiger partial charge < -0.3 is 5.32 Å². The molecule has 106 valence electrons. The Balaban J connectivity index is 1.98. The fraction of sp³-hybridized carbons (Fsp3) is 0.600. The van der Waals surface area contributed by atoms with Gasteiger partial charge in [0.2, 0.25) is 0 Å². The van der Waals surface area contributed by atoms with E-state index in [4.69, 9.17) is 11.6 Å². The molecule has 1 saturated heterocycles. The van der Waals surface area contributed by atoms with Crippen LogP contribution in [0.5, 0.6) is 0 Å². The second-order valence-corrected chi connectivity index (χ2v) is 6.06. The van der Waals surface area contributed by atoms with Crippen LogP contribution in [-0.2, 0) is 6.54 Å². The van der Waals surface area contributed by atoms with Crippen molar-refractivity contribution in [3.63, 3.8) is 0 Å². The summed E-state index contributed by atoms with van der Waals surface area (Å²) in [5, 5.41) is 4.36. The third kappa shape index (κ3) is 4.99. The minimum atomic E-state index is 0.630. The molecule has 1 heterocycles. The lowest BCUT2D eigenvalue weighted by Crippen LogP contribution is -2.39. The maximum Gasteiger partial charge on any atom is 0.0406 e. The normalized spacial score (nSPS) is 21.3. The third-order valence-corrected chi connectivity index (χ3v) is 4.26. The highest BCUT2D eigenvalue weighted by Crippen LogP contribution is 2.16. The molecule has 0 radical (unpaired) electrons. The van der Waals surface area contributed by atoms with Crippen molar-refractivity contribution >= 4 is 24.2 Å². The molecule has 0 bridgehead atoms. The Hall–Kier alpha value is -0.220. The van der Waals surface area contributed by atoms with Crippen LogP contribution in [0, 0.1) is 0 Å². The number of nitrogens with one attached hydrogen (secondary N) is 1. The van der Waals surface area contributed by atoms with E-state index in [2.05, 4.69) is 35.0 Å². The van der Waals surface area contributed by atoms with Crippen molar-refractivity contribution in [3.05, 3.63) is 34.9 Å². The molecule has 1 aliphatic heterocycles. The molecule has 1 N–H and O–H groups in total. The van der Waals surface area contributed by atoms with E-state index >= 15 is 0 Å². The van der Waals surface area contributed by atoms with Gasteiger partial charge in [-0.1, -0.05) is 23.7 Å². The van der Waals surface area contributed by atoms with E-state index in [-0.39, 0.29) is 0 Å². The quantitative estimate of drug-likeness (QED) is 0.812. The van der Waals surface area contributed by atoms with Crippen LogP contribution in [0.15, 0.2) is 24.3 Å². The summed E-state index contributed by atoms with van der Waals surface area (Å²) in [6.45, 7) is 4.43. The molecule has 0 spiro atoms. The Morgan fingerprint density at radius 3 is 2.84 bits per heavy atom. The zero-order valence-corrected chi connectivity index (χ0v) is 13.0. The summed E-state index contributed by atoms with van der Waals surface area (Å²) < 4.78 is 0. The SMILES string of the molecule is SCCCC1CNCCCN1Cc1ccc(Cl)cc1. The second-order valence-electron chi connectivity index (χ2n) is 5.17. The highest BCUT2D eigenvalue weighted by molar-refractivity contribution is 7.80. The fourth-order valence-electron chi connectivity index (χ4n) is 2.63. The van der Waals surface area contributed by atoms with Gasteiger partial charge >= 0.3 is 0 Å². The molecule has 1 aromatic rings. The van der Waals surface area contributed by atoms with Crippen LogP contribution in [0.2, 0.25) is 5.02 Å². The summed E-state index contributed by atoms with van der Waals surface area (Å²) in [4.78, 5) is 2.60. The van der Waals surface area contributed by atoms with Gasteiger partial charge in [0, 0.05) is 30.7 Å². The first-order chi connectivity index (χ1) is 9.29. The summed E-state index contributed by atoms with van der Waals surface area (Å²) in [5.74, 6) is 0.977. The molecule has 1 unspecified atom stereocenters. The first kappa shape index (κ1) is 15.2. The molecule has 1 fully saturated rings. The first-order valence-electron chi connectivity index (χ1n) is 7.09. The van der Waals surface area contributed by atoms with Crippen LogP contribution in [-0.4, -0.2) is 36.3 Å². The third-order valence-electron chi connectivity index (χ3n) is 3.69. The topological polar surface area (TPSA) is 15.3 Å². The summed E-state index contributed by atoms with van der Waals surface area (Å²) >= 11 is 10.3. The minimum Gasteiger partial charge on any atom is -0.315 e. The number of rotatable bonds is 5. The van der Waals surface area contributed by atoms with Gasteiger partial charge in [-0.25, -0.2) is 0 Å². The van der Waals surface area contributed by atoms with E-state index in [1.165, 1.54) is 31.4 Å². The van der Waals surface area contributed by atoms with Crippen molar-refractivity contribution in [3.8, 4) is 0 Å². The molecule has 19 heavy (non-hydrogen) atoms. The Labute approximate surface area is 126 Å². The van der Waals surface area contributed by atoms with Crippen LogP contribution < -0.4 is 5.32 Å². The largest absolute Gasteiger partial charge is 0.315 e. The molecular weight excluding hydrogens is 276 g/mol. The molecule has 4 heteroatoms. The molecule has 1 atom stereocenters. The number of benzene rings is 1. The predicted molar refractivity (Wildman–Crippen MR) is 86.2 cm³/mol.